The summed E-state index contributed by atoms with van der Waals surface area (Å²) in [5.74, 6) is 0.321. The van der Waals surface area contributed by atoms with Crippen LogP contribution in [0.4, 0.5) is 5.69 Å². The van der Waals surface area contributed by atoms with Crippen LogP contribution in [0.2, 0.25) is 5.02 Å². The van der Waals surface area contributed by atoms with E-state index in [1.165, 1.54) is 0 Å². The van der Waals surface area contributed by atoms with Gasteiger partial charge in [0.15, 0.2) is 0 Å². The Balaban J connectivity index is 2.34. The maximum atomic E-state index is 13.4. The van der Waals surface area contributed by atoms with Crippen LogP contribution in [0, 0.1) is 0 Å². The summed E-state index contributed by atoms with van der Waals surface area (Å²) in [5, 5.41) is 3.51. The molecule has 2 rings (SSSR count). The molecule has 0 heterocycles. The van der Waals surface area contributed by atoms with Crippen LogP contribution in [0.15, 0.2) is 30.3 Å². The summed E-state index contributed by atoms with van der Waals surface area (Å²) < 4.78 is 16.8. The molecule has 7 nitrogen and oxygen atoms in total. The number of hydrogen-bond donors (Lipinski definition) is 2. The van der Waals surface area contributed by atoms with E-state index in [2.05, 4.69) is 33.0 Å². The lowest BCUT2D eigenvalue weighted by atomic mass is 9.84. The van der Waals surface area contributed by atoms with Gasteiger partial charge >= 0.3 is 0 Å². The van der Waals surface area contributed by atoms with E-state index in [1.807, 2.05) is 19.1 Å². The van der Waals surface area contributed by atoms with Crippen molar-refractivity contribution in [1.29, 1.82) is 0 Å². The highest BCUT2D eigenvalue weighted by molar-refractivity contribution is 6.32. The van der Waals surface area contributed by atoms with Gasteiger partial charge < -0.3 is 25.3 Å². The minimum atomic E-state index is -0.540. The molecule has 0 fully saturated rings. The number of primary amides is 1. The molecular formula is C30H43ClN2O5. The number of benzene rings is 2. The number of methoxy groups -OCH3 is 1. The SMILES string of the molecule is CCCCCC(CC(=O)Nc1cc(C(N)=O)ccc1C(C)(C)C)c1cc(Cl)c(OCCOCC)cc1OC. The number of hydrogen-bond acceptors (Lipinski definition) is 5. The molecule has 0 aliphatic carbocycles. The van der Waals surface area contributed by atoms with Crippen molar-refractivity contribution in [3.63, 3.8) is 0 Å². The molecule has 0 saturated heterocycles. The van der Waals surface area contributed by atoms with Gasteiger partial charge in [-0.25, -0.2) is 0 Å². The lowest BCUT2D eigenvalue weighted by Gasteiger charge is -2.25. The van der Waals surface area contributed by atoms with Gasteiger partial charge in [-0.05, 0) is 54.0 Å². The molecule has 210 valence electrons. The Kier molecular flexibility index (Phi) is 12.4. The van der Waals surface area contributed by atoms with Crippen molar-refractivity contribution >= 4 is 29.1 Å². The number of nitrogens with two attached hydrogens (primary N) is 1. The maximum absolute atomic E-state index is 13.4. The molecule has 2 aromatic rings. The van der Waals surface area contributed by atoms with E-state index in [4.69, 9.17) is 31.5 Å². The normalized spacial score (nSPS) is 12.2. The molecule has 8 heteroatoms. The van der Waals surface area contributed by atoms with Crippen LogP contribution in [0.5, 0.6) is 11.5 Å². The Labute approximate surface area is 232 Å². The van der Waals surface area contributed by atoms with Gasteiger partial charge in [-0.2, -0.15) is 0 Å². The second-order valence-electron chi connectivity index (χ2n) is 10.4. The van der Waals surface area contributed by atoms with E-state index in [-0.39, 0.29) is 23.7 Å². The molecular weight excluding hydrogens is 504 g/mol. The van der Waals surface area contributed by atoms with Crippen molar-refractivity contribution in [2.75, 3.05) is 32.2 Å². The fraction of sp³-hybridized carbons (Fsp3) is 0.533. The molecule has 3 N–H and O–H groups in total. The van der Waals surface area contributed by atoms with Crippen LogP contribution >= 0.6 is 11.6 Å². The van der Waals surface area contributed by atoms with E-state index in [0.29, 0.717) is 47.6 Å². The second kappa shape index (κ2) is 15.0. The summed E-state index contributed by atoms with van der Waals surface area (Å²) in [5.41, 5.74) is 7.99. The molecule has 0 aromatic heterocycles. The summed E-state index contributed by atoms with van der Waals surface area (Å²) in [6.07, 6.45) is 4.11. The smallest absolute Gasteiger partial charge is 0.248 e. The van der Waals surface area contributed by atoms with E-state index >= 15 is 0 Å². The predicted molar refractivity (Wildman–Crippen MR) is 154 cm³/mol. The maximum Gasteiger partial charge on any atom is 0.248 e. The lowest BCUT2D eigenvalue weighted by molar-refractivity contribution is -0.116. The highest BCUT2D eigenvalue weighted by Gasteiger charge is 2.24. The first-order chi connectivity index (χ1) is 18.0. The van der Waals surface area contributed by atoms with Crippen LogP contribution in [0.1, 0.15) is 94.1 Å². The van der Waals surface area contributed by atoms with E-state index < -0.39 is 5.91 Å². The number of carbonyl (C=O) groups excluding carboxylic acids is 2. The summed E-state index contributed by atoms with van der Waals surface area (Å²) >= 11 is 6.60. The fourth-order valence-corrected chi connectivity index (χ4v) is 4.63. The molecule has 1 unspecified atom stereocenters. The number of anilines is 1. The van der Waals surface area contributed by atoms with Crippen molar-refractivity contribution in [3.05, 3.63) is 52.0 Å². The third-order valence-electron chi connectivity index (χ3n) is 6.39. The van der Waals surface area contributed by atoms with E-state index in [9.17, 15) is 9.59 Å². The van der Waals surface area contributed by atoms with Crippen molar-refractivity contribution in [2.24, 2.45) is 5.73 Å². The second-order valence-corrected chi connectivity index (χ2v) is 10.8. The molecule has 0 aliphatic heterocycles. The molecule has 0 spiro atoms. The molecule has 1 atom stereocenters. The number of ether oxygens (including phenoxy) is 3. The van der Waals surface area contributed by atoms with Crippen LogP contribution in [0.25, 0.3) is 0 Å². The standard InChI is InChI=1S/C30H43ClN2O5/c1-7-9-10-11-20(22-18-24(31)27(19-26(22)36-6)38-15-14-37-8-2)17-28(34)33-25-16-21(29(32)35)12-13-23(25)30(3,4)5/h12-13,16,18-20H,7-11,14-15,17H2,1-6H3,(H2,32,35)(H,33,34). The van der Waals surface area contributed by atoms with Gasteiger partial charge in [0.2, 0.25) is 11.8 Å². The van der Waals surface area contributed by atoms with Crippen LogP contribution in [-0.2, 0) is 14.9 Å². The minimum absolute atomic E-state index is 0.121. The summed E-state index contributed by atoms with van der Waals surface area (Å²) in [4.78, 5) is 25.2. The van der Waals surface area contributed by atoms with Crippen LogP contribution in [-0.4, -0.2) is 38.7 Å². The molecule has 0 aliphatic rings. The Morgan fingerprint density at radius 2 is 1.79 bits per heavy atom. The summed E-state index contributed by atoms with van der Waals surface area (Å²) in [6.45, 7) is 11.7. The first-order valence-corrected chi connectivity index (χ1v) is 13.7. The first kappa shape index (κ1) is 31.4. The summed E-state index contributed by atoms with van der Waals surface area (Å²) in [6, 6.07) is 8.81. The Morgan fingerprint density at radius 1 is 1.05 bits per heavy atom. The number of unbranched alkanes of at least 4 members (excludes halogenated alkanes) is 2. The van der Waals surface area contributed by atoms with Crippen LogP contribution < -0.4 is 20.5 Å². The van der Waals surface area contributed by atoms with E-state index in [0.717, 1.165) is 36.8 Å². The van der Waals surface area contributed by atoms with Gasteiger partial charge in [-0.1, -0.05) is 64.6 Å². The molecule has 0 radical (unpaired) electrons. The monoisotopic (exact) mass is 546 g/mol. The topological polar surface area (TPSA) is 99.9 Å². The zero-order valence-corrected chi connectivity index (χ0v) is 24.4. The number of nitrogens with one attached hydrogen (secondary N) is 1. The molecule has 0 bridgehead atoms. The number of carbonyl (C=O) groups is 2. The quantitative estimate of drug-likeness (QED) is 0.238. The highest BCUT2D eigenvalue weighted by Crippen LogP contribution is 2.40. The largest absolute Gasteiger partial charge is 0.496 e. The zero-order chi connectivity index (χ0) is 28.3. The molecule has 2 aromatic carbocycles. The Hall–Kier alpha value is -2.77. The molecule has 2 amide bonds. The van der Waals surface area contributed by atoms with Crippen molar-refractivity contribution < 1.29 is 23.8 Å². The first-order valence-electron chi connectivity index (χ1n) is 13.3. The number of halogens is 1. The lowest BCUT2D eigenvalue weighted by Crippen LogP contribution is -2.22. The van der Waals surface area contributed by atoms with Gasteiger partial charge in [0.1, 0.15) is 18.1 Å². The Bertz CT molecular complexity index is 1080. The minimum Gasteiger partial charge on any atom is -0.496 e. The fourth-order valence-electron chi connectivity index (χ4n) is 4.40. The van der Waals surface area contributed by atoms with Crippen molar-refractivity contribution in [1.82, 2.24) is 0 Å². The van der Waals surface area contributed by atoms with Crippen molar-refractivity contribution in [3.8, 4) is 11.5 Å². The summed E-state index contributed by atoms with van der Waals surface area (Å²) in [7, 11) is 1.60. The average Bonchev–Trinajstić information content (AvgIpc) is 2.86. The predicted octanol–water partition coefficient (Wildman–Crippen LogP) is 6.85. The van der Waals surface area contributed by atoms with Gasteiger partial charge in [-0.3, -0.25) is 9.59 Å². The van der Waals surface area contributed by atoms with Gasteiger partial charge in [0, 0.05) is 30.3 Å². The molecule has 38 heavy (non-hydrogen) atoms. The third-order valence-corrected chi connectivity index (χ3v) is 6.68. The van der Waals surface area contributed by atoms with Gasteiger partial charge in [0.25, 0.3) is 0 Å². The van der Waals surface area contributed by atoms with Crippen molar-refractivity contribution in [2.45, 2.75) is 78.1 Å². The Morgan fingerprint density at radius 3 is 2.39 bits per heavy atom. The molecule has 0 saturated carbocycles. The zero-order valence-electron chi connectivity index (χ0n) is 23.6. The van der Waals surface area contributed by atoms with Gasteiger partial charge in [-0.15, -0.1) is 0 Å². The van der Waals surface area contributed by atoms with Crippen LogP contribution in [0.3, 0.4) is 0 Å². The van der Waals surface area contributed by atoms with Gasteiger partial charge in [0.05, 0.1) is 18.7 Å². The highest BCUT2D eigenvalue weighted by atomic mass is 35.5. The number of amides is 2. The average molecular weight is 547 g/mol. The third kappa shape index (κ3) is 9.21. The number of rotatable bonds is 15. The van der Waals surface area contributed by atoms with E-state index in [1.54, 1.807) is 25.3 Å².